The molecule has 164 valence electrons. The highest BCUT2D eigenvalue weighted by Gasteiger charge is 2.72. The predicted molar refractivity (Wildman–Crippen MR) is 130 cm³/mol. The van der Waals surface area contributed by atoms with E-state index in [1.807, 2.05) is 61.5 Å². The van der Waals surface area contributed by atoms with E-state index in [0.717, 1.165) is 32.8 Å². The maximum atomic E-state index is 13.8. The van der Waals surface area contributed by atoms with Crippen LogP contribution in [-0.4, -0.2) is 22.7 Å². The number of amides is 3. The fourth-order valence-corrected chi connectivity index (χ4v) is 8.03. The highest BCUT2D eigenvalue weighted by atomic mass is 79.9. The third kappa shape index (κ3) is 2.49. The number of nitrogens with one attached hydrogen (secondary N) is 1. The number of benzene rings is 3. The van der Waals surface area contributed by atoms with Crippen molar-refractivity contribution in [3.05, 3.63) is 106 Å². The minimum atomic E-state index is -0.879. The summed E-state index contributed by atoms with van der Waals surface area (Å²) in [6.07, 6.45) is 0. The van der Waals surface area contributed by atoms with Crippen LogP contribution in [0.25, 0.3) is 0 Å². The average molecular weight is 566 g/mol. The zero-order valence-corrected chi connectivity index (χ0v) is 20.7. The van der Waals surface area contributed by atoms with Crippen molar-refractivity contribution in [2.45, 2.75) is 15.6 Å². The van der Waals surface area contributed by atoms with E-state index >= 15 is 0 Å². The molecule has 33 heavy (non-hydrogen) atoms. The van der Waals surface area contributed by atoms with Crippen LogP contribution in [0.1, 0.15) is 38.2 Å². The van der Waals surface area contributed by atoms with Gasteiger partial charge in [0.15, 0.2) is 0 Å². The Morgan fingerprint density at radius 3 is 1.67 bits per heavy atom. The van der Waals surface area contributed by atoms with Gasteiger partial charge in [0.1, 0.15) is 0 Å². The lowest BCUT2D eigenvalue weighted by molar-refractivity contribution is -0.142. The standard InChI is InChI=1S/C26H18Br2N2O3/c1-14-7-6-8-15(13-14)22(31)29-30-23(32)20-21(24(30)33)26(28)17-10-3-2-9-16(17)25(20,27)18-11-4-5-12-19(18)26/h2-13,20-21H,1H3,(H,29,31)/t20-,21-,25?,26?/m0/s1. The van der Waals surface area contributed by atoms with E-state index < -0.39 is 38.2 Å². The molecule has 7 heteroatoms. The van der Waals surface area contributed by atoms with Crippen LogP contribution >= 0.6 is 31.9 Å². The zero-order valence-electron chi connectivity index (χ0n) is 17.5. The lowest BCUT2D eigenvalue weighted by Crippen LogP contribution is -2.56. The molecule has 4 aliphatic rings. The quantitative estimate of drug-likeness (QED) is 0.366. The monoisotopic (exact) mass is 564 g/mol. The van der Waals surface area contributed by atoms with Crippen molar-refractivity contribution in [3.8, 4) is 0 Å². The van der Waals surface area contributed by atoms with Gasteiger partial charge in [-0.2, -0.15) is 5.01 Å². The summed E-state index contributed by atoms with van der Waals surface area (Å²) in [5.41, 5.74) is 7.71. The Kier molecular flexibility index (Phi) is 4.33. The number of imide groups is 1. The molecule has 5 nitrogen and oxygen atoms in total. The van der Waals surface area contributed by atoms with E-state index in [4.69, 9.17) is 0 Å². The SMILES string of the molecule is Cc1cccc(C(=O)NN2C(=O)[C@@H]3[C@@H](C2=O)C2(Br)c4ccccc4C3(Br)c3ccccc32)c1. The number of carbonyl (C=O) groups is 3. The molecule has 0 radical (unpaired) electrons. The van der Waals surface area contributed by atoms with Gasteiger partial charge in [-0.15, -0.1) is 0 Å². The van der Waals surface area contributed by atoms with E-state index in [9.17, 15) is 14.4 Å². The Morgan fingerprint density at radius 1 is 0.788 bits per heavy atom. The number of hydrogen-bond donors (Lipinski definition) is 1. The number of hydrazine groups is 1. The molecule has 2 atom stereocenters. The van der Waals surface area contributed by atoms with Crippen molar-refractivity contribution in [1.29, 1.82) is 0 Å². The zero-order chi connectivity index (χ0) is 23.1. The molecular weight excluding hydrogens is 548 g/mol. The molecule has 1 fully saturated rings. The summed E-state index contributed by atoms with van der Waals surface area (Å²) in [6.45, 7) is 1.88. The first kappa shape index (κ1) is 20.8. The van der Waals surface area contributed by atoms with Crippen LogP contribution in [0, 0.1) is 18.8 Å². The molecule has 2 bridgehead atoms. The van der Waals surface area contributed by atoms with Gasteiger partial charge in [-0.3, -0.25) is 19.8 Å². The fraction of sp³-hybridized carbons (Fsp3) is 0.192. The van der Waals surface area contributed by atoms with Crippen LogP contribution < -0.4 is 5.43 Å². The molecule has 0 saturated carbocycles. The van der Waals surface area contributed by atoms with Gasteiger partial charge < -0.3 is 0 Å². The van der Waals surface area contributed by atoms with Gasteiger partial charge in [0.05, 0.1) is 20.5 Å². The Balaban J connectivity index is 1.50. The second-order valence-corrected chi connectivity index (χ2v) is 11.3. The molecular formula is C26H18Br2N2O3. The van der Waals surface area contributed by atoms with Crippen LogP contribution in [0.5, 0.6) is 0 Å². The van der Waals surface area contributed by atoms with Crippen molar-refractivity contribution in [2.24, 2.45) is 11.8 Å². The molecule has 1 N–H and O–H groups in total. The number of hydrogen-bond acceptors (Lipinski definition) is 3. The summed E-state index contributed by atoms with van der Waals surface area (Å²) in [6, 6.07) is 22.8. The molecule has 0 unspecified atom stereocenters. The molecule has 3 aromatic rings. The second-order valence-electron chi connectivity index (χ2n) is 8.79. The molecule has 1 saturated heterocycles. The third-order valence-corrected chi connectivity index (χ3v) is 9.77. The first-order valence-electron chi connectivity index (χ1n) is 10.6. The summed E-state index contributed by atoms with van der Waals surface area (Å²) < 4.78 is -1.76. The van der Waals surface area contributed by atoms with E-state index in [2.05, 4.69) is 37.3 Å². The molecule has 3 aliphatic carbocycles. The van der Waals surface area contributed by atoms with E-state index in [1.165, 1.54) is 0 Å². The van der Waals surface area contributed by atoms with E-state index in [-0.39, 0.29) is 0 Å². The summed E-state index contributed by atoms with van der Waals surface area (Å²) in [5, 5.41) is 0.920. The maximum absolute atomic E-state index is 13.8. The minimum Gasteiger partial charge on any atom is -0.272 e. The van der Waals surface area contributed by atoms with Crippen molar-refractivity contribution in [2.75, 3.05) is 0 Å². The Labute approximate surface area is 207 Å². The van der Waals surface area contributed by atoms with Gasteiger partial charge in [0.2, 0.25) is 0 Å². The van der Waals surface area contributed by atoms with Crippen molar-refractivity contribution in [3.63, 3.8) is 0 Å². The number of rotatable bonds is 2. The van der Waals surface area contributed by atoms with Crippen LogP contribution in [0.2, 0.25) is 0 Å². The Bertz CT molecular complexity index is 1260. The molecule has 0 spiro atoms. The lowest BCUT2D eigenvalue weighted by atomic mass is 9.54. The Hall–Kier alpha value is -2.77. The van der Waals surface area contributed by atoms with Crippen molar-refractivity contribution < 1.29 is 14.4 Å². The first-order valence-corrected chi connectivity index (χ1v) is 12.2. The van der Waals surface area contributed by atoms with Crippen LogP contribution in [-0.2, 0) is 18.2 Å². The molecule has 7 rings (SSSR count). The van der Waals surface area contributed by atoms with Crippen LogP contribution in [0.3, 0.4) is 0 Å². The first-order chi connectivity index (χ1) is 15.8. The third-order valence-electron chi connectivity index (χ3n) is 7.08. The lowest BCUT2D eigenvalue weighted by Gasteiger charge is -2.55. The highest BCUT2D eigenvalue weighted by molar-refractivity contribution is 9.10. The normalized spacial score (nSPS) is 28.9. The highest BCUT2D eigenvalue weighted by Crippen LogP contribution is 2.70. The summed E-state index contributed by atoms with van der Waals surface area (Å²) in [5.74, 6) is -2.76. The number of nitrogens with zero attached hydrogens (tertiary/aromatic N) is 1. The number of alkyl halides is 2. The predicted octanol–water partition coefficient (Wildman–Crippen LogP) is 4.55. The summed E-state index contributed by atoms with van der Waals surface area (Å²) in [4.78, 5) is 40.5. The van der Waals surface area contributed by atoms with Crippen molar-refractivity contribution >= 4 is 49.6 Å². The van der Waals surface area contributed by atoms with E-state index in [1.54, 1.807) is 18.2 Å². The van der Waals surface area contributed by atoms with Crippen LogP contribution in [0.4, 0.5) is 0 Å². The maximum Gasteiger partial charge on any atom is 0.270 e. The fourth-order valence-electron chi connectivity index (χ4n) is 5.73. The van der Waals surface area contributed by atoms with Crippen LogP contribution in [0.15, 0.2) is 72.8 Å². The summed E-state index contributed by atoms with van der Waals surface area (Å²) in [7, 11) is 0. The number of carbonyl (C=O) groups excluding carboxylic acids is 3. The molecule has 3 amide bonds. The van der Waals surface area contributed by atoms with E-state index in [0.29, 0.717) is 5.56 Å². The van der Waals surface area contributed by atoms with Gasteiger partial charge in [-0.25, -0.2) is 0 Å². The molecule has 1 aliphatic heterocycles. The van der Waals surface area contributed by atoms with Gasteiger partial charge in [-0.1, -0.05) is 98.1 Å². The van der Waals surface area contributed by atoms with Gasteiger partial charge in [0, 0.05) is 5.56 Å². The van der Waals surface area contributed by atoms with Gasteiger partial charge in [0.25, 0.3) is 17.7 Å². The molecule has 1 heterocycles. The Morgan fingerprint density at radius 2 is 1.24 bits per heavy atom. The summed E-state index contributed by atoms with van der Waals surface area (Å²) >= 11 is 7.89. The number of aryl methyl sites for hydroxylation is 1. The topological polar surface area (TPSA) is 66.5 Å². The smallest absolute Gasteiger partial charge is 0.270 e. The second kappa shape index (κ2) is 6.87. The molecule has 0 aromatic heterocycles. The number of halogens is 2. The van der Waals surface area contributed by atoms with Gasteiger partial charge in [-0.05, 0) is 41.3 Å². The molecule has 3 aromatic carbocycles. The largest absolute Gasteiger partial charge is 0.272 e. The van der Waals surface area contributed by atoms with Crippen molar-refractivity contribution in [1.82, 2.24) is 10.4 Å². The van der Waals surface area contributed by atoms with Gasteiger partial charge >= 0.3 is 0 Å². The minimum absolute atomic E-state index is 0.391. The average Bonchev–Trinajstić information content (AvgIpc) is 3.08.